The highest BCUT2D eigenvalue weighted by Gasteiger charge is 2.25. The highest BCUT2D eigenvalue weighted by molar-refractivity contribution is 5.15. The molecule has 0 aliphatic carbocycles. The van der Waals surface area contributed by atoms with Crippen molar-refractivity contribution in [2.45, 2.75) is 44.7 Å². The van der Waals surface area contributed by atoms with Crippen molar-refractivity contribution in [1.29, 1.82) is 0 Å². The molecule has 2 aromatic rings. The molecule has 1 heterocycles. The van der Waals surface area contributed by atoms with Gasteiger partial charge in [-0.2, -0.15) is 0 Å². The molecule has 0 spiro atoms. The van der Waals surface area contributed by atoms with Gasteiger partial charge in [-0.15, -0.1) is 0 Å². The fraction of sp³-hybridized carbons (Fsp3) is 0.455. The number of nitrogens with zero attached hydrogens (tertiary/aromatic N) is 1. The maximum absolute atomic E-state index is 6.44. The smallest absolute Gasteiger partial charge is 0.0574 e. The lowest BCUT2D eigenvalue weighted by molar-refractivity contribution is 0.112. The van der Waals surface area contributed by atoms with Crippen LogP contribution in [0.4, 0.5) is 0 Å². The number of likely N-dealkylation sites (tertiary alicyclic amines) is 1. The predicted octanol–water partition coefficient (Wildman–Crippen LogP) is 4.25. The second kappa shape index (κ2) is 9.00. The third kappa shape index (κ3) is 5.19. The van der Waals surface area contributed by atoms with Gasteiger partial charge >= 0.3 is 0 Å². The van der Waals surface area contributed by atoms with E-state index in [-0.39, 0.29) is 6.17 Å². The summed E-state index contributed by atoms with van der Waals surface area (Å²) in [6.07, 6.45) is 7.60. The molecule has 3 rings (SSSR count). The van der Waals surface area contributed by atoms with Gasteiger partial charge in [-0.05, 0) is 62.1 Å². The molecule has 0 radical (unpaired) electrons. The quantitative estimate of drug-likeness (QED) is 0.826. The molecule has 1 saturated heterocycles. The maximum atomic E-state index is 6.44. The van der Waals surface area contributed by atoms with Gasteiger partial charge in [0.1, 0.15) is 0 Å². The van der Waals surface area contributed by atoms with Gasteiger partial charge < -0.3 is 5.73 Å². The standard InChI is InChI=1S/C22H30N2/c23-22-18-21(13-7-12-19-8-3-1-4-9-19)15-17-24(22)16-14-20-10-5-2-6-11-20/h1-6,8-11,21-22H,7,12-18,23H2. The molecule has 2 heteroatoms. The summed E-state index contributed by atoms with van der Waals surface area (Å²) in [5.74, 6) is 0.802. The number of hydrogen-bond donors (Lipinski definition) is 1. The van der Waals surface area contributed by atoms with E-state index >= 15 is 0 Å². The Morgan fingerprint density at radius 2 is 1.50 bits per heavy atom. The van der Waals surface area contributed by atoms with Crippen molar-refractivity contribution in [3.63, 3.8) is 0 Å². The van der Waals surface area contributed by atoms with E-state index in [0.717, 1.165) is 31.8 Å². The van der Waals surface area contributed by atoms with Crippen molar-refractivity contribution < 1.29 is 0 Å². The monoisotopic (exact) mass is 322 g/mol. The fourth-order valence-corrected chi connectivity index (χ4v) is 3.82. The Morgan fingerprint density at radius 3 is 2.12 bits per heavy atom. The lowest BCUT2D eigenvalue weighted by Crippen LogP contribution is -2.48. The number of nitrogens with two attached hydrogens (primary N) is 1. The van der Waals surface area contributed by atoms with E-state index < -0.39 is 0 Å². The normalized spacial score (nSPS) is 21.7. The van der Waals surface area contributed by atoms with Gasteiger partial charge in [0.15, 0.2) is 0 Å². The van der Waals surface area contributed by atoms with Gasteiger partial charge in [0, 0.05) is 6.54 Å². The summed E-state index contributed by atoms with van der Waals surface area (Å²) in [6, 6.07) is 21.6. The second-order valence-electron chi connectivity index (χ2n) is 7.11. The van der Waals surface area contributed by atoms with E-state index in [1.54, 1.807) is 0 Å². The fourth-order valence-electron chi connectivity index (χ4n) is 3.82. The Bertz CT molecular complexity index is 581. The van der Waals surface area contributed by atoms with Crippen molar-refractivity contribution in [2.75, 3.05) is 13.1 Å². The molecule has 24 heavy (non-hydrogen) atoms. The summed E-state index contributed by atoms with van der Waals surface area (Å²) < 4.78 is 0. The first-order chi connectivity index (χ1) is 11.8. The lowest BCUT2D eigenvalue weighted by Gasteiger charge is -2.37. The maximum Gasteiger partial charge on any atom is 0.0574 e. The van der Waals surface area contributed by atoms with Gasteiger partial charge in [0.05, 0.1) is 6.17 Å². The first-order valence-electron chi connectivity index (χ1n) is 9.39. The molecule has 2 aromatic carbocycles. The van der Waals surface area contributed by atoms with Crippen molar-refractivity contribution in [3.8, 4) is 0 Å². The van der Waals surface area contributed by atoms with Crippen molar-refractivity contribution in [2.24, 2.45) is 11.7 Å². The van der Waals surface area contributed by atoms with Crippen molar-refractivity contribution >= 4 is 0 Å². The molecular formula is C22H30N2. The van der Waals surface area contributed by atoms with Crippen LogP contribution in [0.2, 0.25) is 0 Å². The van der Waals surface area contributed by atoms with Crippen LogP contribution in [0.25, 0.3) is 0 Å². The summed E-state index contributed by atoms with van der Waals surface area (Å²) in [4.78, 5) is 2.47. The molecule has 0 amide bonds. The number of rotatable bonds is 7. The van der Waals surface area contributed by atoms with Crippen LogP contribution in [0, 0.1) is 5.92 Å². The third-order valence-corrected chi connectivity index (χ3v) is 5.32. The molecule has 2 nitrogen and oxygen atoms in total. The molecule has 0 aromatic heterocycles. The molecule has 0 saturated carbocycles. The highest BCUT2D eigenvalue weighted by Crippen LogP contribution is 2.25. The highest BCUT2D eigenvalue weighted by atomic mass is 15.2. The Hall–Kier alpha value is -1.64. The van der Waals surface area contributed by atoms with Crippen LogP contribution in [0.15, 0.2) is 60.7 Å². The lowest BCUT2D eigenvalue weighted by atomic mass is 9.89. The summed E-state index contributed by atoms with van der Waals surface area (Å²) in [7, 11) is 0. The van der Waals surface area contributed by atoms with E-state index in [1.165, 1.54) is 36.8 Å². The minimum Gasteiger partial charge on any atom is -0.316 e. The van der Waals surface area contributed by atoms with E-state index in [1.807, 2.05) is 0 Å². The molecule has 128 valence electrons. The van der Waals surface area contributed by atoms with Crippen LogP contribution in [-0.2, 0) is 12.8 Å². The van der Waals surface area contributed by atoms with Crippen LogP contribution in [0.5, 0.6) is 0 Å². The predicted molar refractivity (Wildman–Crippen MR) is 102 cm³/mol. The Morgan fingerprint density at radius 1 is 0.875 bits per heavy atom. The first kappa shape index (κ1) is 17.2. The molecule has 2 unspecified atom stereocenters. The van der Waals surface area contributed by atoms with Crippen molar-refractivity contribution in [3.05, 3.63) is 71.8 Å². The zero-order chi connectivity index (χ0) is 16.6. The van der Waals surface area contributed by atoms with E-state index in [0.29, 0.717) is 0 Å². The van der Waals surface area contributed by atoms with Gasteiger partial charge in [0.25, 0.3) is 0 Å². The number of piperidine rings is 1. The number of aryl methyl sites for hydroxylation is 1. The van der Waals surface area contributed by atoms with Crippen LogP contribution in [0.1, 0.15) is 36.8 Å². The Kier molecular flexibility index (Phi) is 6.45. The van der Waals surface area contributed by atoms with E-state index in [9.17, 15) is 0 Å². The average molecular weight is 322 g/mol. The minimum absolute atomic E-state index is 0.240. The summed E-state index contributed by atoms with van der Waals surface area (Å²) in [5, 5.41) is 0. The van der Waals surface area contributed by atoms with Gasteiger partial charge in [-0.1, -0.05) is 60.7 Å². The van der Waals surface area contributed by atoms with Crippen molar-refractivity contribution in [1.82, 2.24) is 4.90 Å². The van der Waals surface area contributed by atoms with Crippen LogP contribution < -0.4 is 5.73 Å². The first-order valence-corrected chi connectivity index (χ1v) is 9.39. The zero-order valence-corrected chi connectivity index (χ0v) is 14.6. The molecule has 2 atom stereocenters. The van der Waals surface area contributed by atoms with Crippen LogP contribution in [0.3, 0.4) is 0 Å². The molecule has 1 fully saturated rings. The molecule has 1 aliphatic rings. The molecular weight excluding hydrogens is 292 g/mol. The summed E-state index contributed by atoms with van der Waals surface area (Å²) in [6.45, 7) is 2.24. The Balaban J connectivity index is 1.37. The molecule has 0 bridgehead atoms. The van der Waals surface area contributed by atoms with E-state index in [2.05, 4.69) is 65.6 Å². The van der Waals surface area contributed by atoms with Crippen LogP contribution >= 0.6 is 0 Å². The van der Waals surface area contributed by atoms with Crippen LogP contribution in [-0.4, -0.2) is 24.2 Å². The topological polar surface area (TPSA) is 29.3 Å². The Labute approximate surface area is 146 Å². The minimum atomic E-state index is 0.240. The SMILES string of the molecule is NC1CC(CCCc2ccccc2)CCN1CCc1ccccc1. The third-order valence-electron chi connectivity index (χ3n) is 5.32. The summed E-state index contributed by atoms with van der Waals surface area (Å²) in [5.41, 5.74) is 9.31. The number of benzene rings is 2. The number of hydrogen-bond acceptors (Lipinski definition) is 2. The van der Waals surface area contributed by atoms with Gasteiger partial charge in [-0.3, -0.25) is 4.90 Å². The molecule has 1 aliphatic heterocycles. The second-order valence-corrected chi connectivity index (χ2v) is 7.11. The molecule has 2 N–H and O–H groups in total. The zero-order valence-electron chi connectivity index (χ0n) is 14.6. The van der Waals surface area contributed by atoms with E-state index in [4.69, 9.17) is 5.73 Å². The van der Waals surface area contributed by atoms with Gasteiger partial charge in [-0.25, -0.2) is 0 Å². The largest absolute Gasteiger partial charge is 0.316 e. The summed E-state index contributed by atoms with van der Waals surface area (Å²) >= 11 is 0. The van der Waals surface area contributed by atoms with Gasteiger partial charge in [0.2, 0.25) is 0 Å². The average Bonchev–Trinajstić information content (AvgIpc) is 2.63.